The lowest BCUT2D eigenvalue weighted by atomic mass is 9.63. The maximum atomic E-state index is 13.8. The summed E-state index contributed by atoms with van der Waals surface area (Å²) in [7, 11) is 1.43. The number of carbonyl (C=O) groups excluding carboxylic acids is 1. The molecule has 0 spiro atoms. The first kappa shape index (κ1) is 24.6. The Balaban J connectivity index is 1.69. The number of pyridine rings is 2. The van der Waals surface area contributed by atoms with Crippen LogP contribution in [0, 0.1) is 17.8 Å². The third-order valence-corrected chi connectivity index (χ3v) is 7.50. The number of alkyl halides is 5. The van der Waals surface area contributed by atoms with E-state index in [1.54, 1.807) is 6.07 Å². The number of fused-ring (bicyclic) bond motifs is 1. The van der Waals surface area contributed by atoms with Gasteiger partial charge >= 0.3 is 6.18 Å². The minimum atomic E-state index is -4.28. The Labute approximate surface area is 193 Å². The molecule has 0 saturated heterocycles. The van der Waals surface area contributed by atoms with E-state index in [4.69, 9.17) is 0 Å². The monoisotopic (exact) mass is 485 g/mol. The maximum Gasteiger partial charge on any atom is 0.389 e. The van der Waals surface area contributed by atoms with Gasteiger partial charge in [-0.25, -0.2) is 8.78 Å². The van der Waals surface area contributed by atoms with Gasteiger partial charge in [0.1, 0.15) is 5.69 Å². The SMILES string of the molecule is CNC(=O)c1nccc2[nH]c([C@@H]3CCC(CC(F)(F)F)CC3C3CCC(F)(F)CC3)cc(=O)c12. The summed E-state index contributed by atoms with van der Waals surface area (Å²) in [4.78, 5) is 32.4. The zero-order valence-electron chi connectivity index (χ0n) is 18.9. The van der Waals surface area contributed by atoms with Gasteiger partial charge < -0.3 is 10.3 Å². The number of hydrogen-bond donors (Lipinski definition) is 2. The molecule has 2 unspecified atom stereocenters. The smallest absolute Gasteiger partial charge is 0.358 e. The van der Waals surface area contributed by atoms with Crippen LogP contribution in [-0.4, -0.2) is 35.0 Å². The van der Waals surface area contributed by atoms with Crippen molar-refractivity contribution in [2.24, 2.45) is 17.8 Å². The van der Waals surface area contributed by atoms with E-state index in [0.29, 0.717) is 30.5 Å². The highest BCUT2D eigenvalue weighted by molar-refractivity contribution is 6.04. The zero-order valence-corrected chi connectivity index (χ0v) is 18.9. The fourth-order valence-corrected chi connectivity index (χ4v) is 5.92. The van der Waals surface area contributed by atoms with Crippen molar-refractivity contribution in [1.29, 1.82) is 0 Å². The first-order chi connectivity index (χ1) is 16.0. The molecule has 0 bridgehead atoms. The normalized spacial score (nSPS) is 25.9. The number of H-pyrrole nitrogens is 1. The van der Waals surface area contributed by atoms with E-state index in [9.17, 15) is 31.5 Å². The predicted octanol–water partition coefficient (Wildman–Crippen LogP) is 5.56. The summed E-state index contributed by atoms with van der Waals surface area (Å²) in [5.74, 6) is -4.39. The maximum absolute atomic E-state index is 13.8. The molecule has 1 amide bonds. The van der Waals surface area contributed by atoms with Crippen LogP contribution in [0.2, 0.25) is 0 Å². The molecule has 2 aromatic rings. The van der Waals surface area contributed by atoms with Crippen molar-refractivity contribution in [3.8, 4) is 0 Å². The van der Waals surface area contributed by atoms with E-state index in [2.05, 4.69) is 15.3 Å². The lowest BCUT2D eigenvalue weighted by Crippen LogP contribution is -2.36. The van der Waals surface area contributed by atoms with E-state index < -0.39 is 35.8 Å². The van der Waals surface area contributed by atoms with Gasteiger partial charge in [-0.15, -0.1) is 0 Å². The first-order valence-corrected chi connectivity index (χ1v) is 11.7. The Morgan fingerprint density at radius 2 is 1.91 bits per heavy atom. The molecular weight excluding hydrogens is 457 g/mol. The van der Waals surface area contributed by atoms with Crippen LogP contribution in [0.3, 0.4) is 0 Å². The third kappa shape index (κ3) is 5.25. The van der Waals surface area contributed by atoms with E-state index >= 15 is 0 Å². The molecule has 0 aromatic carbocycles. The number of rotatable bonds is 4. The molecule has 0 aliphatic heterocycles. The summed E-state index contributed by atoms with van der Waals surface area (Å²) in [6, 6.07) is 2.98. The van der Waals surface area contributed by atoms with Gasteiger partial charge in [0, 0.05) is 50.2 Å². The zero-order chi connectivity index (χ0) is 24.7. The number of aromatic nitrogens is 2. The van der Waals surface area contributed by atoms with E-state index in [1.165, 1.54) is 19.3 Å². The molecule has 2 aliphatic rings. The molecule has 2 aliphatic carbocycles. The van der Waals surface area contributed by atoms with Crippen LogP contribution in [0.15, 0.2) is 23.1 Å². The Morgan fingerprint density at radius 3 is 2.56 bits per heavy atom. The second-order valence-corrected chi connectivity index (χ2v) is 9.71. The number of amides is 1. The van der Waals surface area contributed by atoms with Crippen molar-refractivity contribution in [1.82, 2.24) is 15.3 Å². The largest absolute Gasteiger partial charge is 0.389 e. The van der Waals surface area contributed by atoms with Crippen LogP contribution in [0.4, 0.5) is 22.0 Å². The average Bonchev–Trinajstić information content (AvgIpc) is 2.77. The minimum Gasteiger partial charge on any atom is -0.358 e. The van der Waals surface area contributed by atoms with E-state index in [1.807, 2.05) is 0 Å². The number of carbonyl (C=O) groups is 1. The summed E-state index contributed by atoms with van der Waals surface area (Å²) in [6.45, 7) is 0. The second-order valence-electron chi connectivity index (χ2n) is 9.71. The Hall–Kier alpha value is -2.52. The average molecular weight is 485 g/mol. The fourth-order valence-electron chi connectivity index (χ4n) is 5.92. The Morgan fingerprint density at radius 1 is 1.21 bits per heavy atom. The molecule has 2 fully saturated rings. The molecule has 4 rings (SSSR count). The number of halogens is 5. The molecule has 10 heteroatoms. The van der Waals surface area contributed by atoms with Crippen LogP contribution in [0.25, 0.3) is 10.9 Å². The minimum absolute atomic E-state index is 0.00672. The van der Waals surface area contributed by atoms with Crippen molar-refractivity contribution in [2.75, 3.05) is 7.05 Å². The predicted molar refractivity (Wildman–Crippen MR) is 117 cm³/mol. The molecule has 186 valence electrons. The van der Waals surface area contributed by atoms with Gasteiger partial charge in [-0.05, 0) is 55.9 Å². The highest BCUT2D eigenvalue weighted by atomic mass is 19.4. The van der Waals surface area contributed by atoms with Gasteiger partial charge in [0.15, 0.2) is 5.43 Å². The quantitative estimate of drug-likeness (QED) is 0.557. The van der Waals surface area contributed by atoms with E-state index in [-0.39, 0.29) is 54.5 Å². The van der Waals surface area contributed by atoms with Gasteiger partial charge in [-0.3, -0.25) is 14.6 Å². The number of hydrogen-bond acceptors (Lipinski definition) is 3. The Kier molecular flexibility index (Phi) is 6.70. The van der Waals surface area contributed by atoms with Gasteiger partial charge in [-0.2, -0.15) is 13.2 Å². The van der Waals surface area contributed by atoms with Crippen LogP contribution >= 0.6 is 0 Å². The van der Waals surface area contributed by atoms with Crippen molar-refractivity contribution in [2.45, 2.75) is 69.4 Å². The molecular formula is C24H28F5N3O2. The summed E-state index contributed by atoms with van der Waals surface area (Å²) in [5, 5.41) is 2.60. The highest BCUT2D eigenvalue weighted by Crippen LogP contribution is 2.51. The van der Waals surface area contributed by atoms with Crippen molar-refractivity contribution in [3.63, 3.8) is 0 Å². The first-order valence-electron chi connectivity index (χ1n) is 11.7. The second kappa shape index (κ2) is 9.26. The summed E-state index contributed by atoms with van der Waals surface area (Å²) in [6.07, 6.45) is -2.67. The molecule has 2 heterocycles. The molecule has 2 N–H and O–H groups in total. The molecule has 5 nitrogen and oxygen atoms in total. The third-order valence-electron chi connectivity index (χ3n) is 7.50. The van der Waals surface area contributed by atoms with Crippen LogP contribution in [-0.2, 0) is 0 Å². The molecule has 34 heavy (non-hydrogen) atoms. The number of aromatic amines is 1. The van der Waals surface area contributed by atoms with Crippen LogP contribution in [0.5, 0.6) is 0 Å². The van der Waals surface area contributed by atoms with Gasteiger partial charge in [-0.1, -0.05) is 0 Å². The van der Waals surface area contributed by atoms with Gasteiger partial charge in [0.25, 0.3) is 5.91 Å². The van der Waals surface area contributed by atoms with Crippen molar-refractivity contribution < 1.29 is 26.7 Å². The van der Waals surface area contributed by atoms with Crippen molar-refractivity contribution in [3.05, 3.63) is 39.9 Å². The van der Waals surface area contributed by atoms with Crippen LogP contribution < -0.4 is 10.7 Å². The standard InChI is InChI=1S/C24H28F5N3O2/c1-30-22(34)21-20-17(6-9-31-21)32-18(11-19(20)33)15-3-2-13(12-24(27,28)29)10-16(15)14-4-7-23(25,26)8-5-14/h6,9,11,13-16H,2-5,7-8,10,12H2,1H3,(H,30,34)(H,32,33)/t13?,15-,16?/m1/s1. The summed E-state index contributed by atoms with van der Waals surface area (Å²) in [5.41, 5.74) is 0.594. The lowest BCUT2D eigenvalue weighted by molar-refractivity contribution is -0.149. The van der Waals surface area contributed by atoms with Gasteiger partial charge in [0.05, 0.1) is 10.9 Å². The highest BCUT2D eigenvalue weighted by Gasteiger charge is 2.44. The summed E-state index contributed by atoms with van der Waals surface area (Å²) < 4.78 is 66.9. The molecule has 0 radical (unpaired) electrons. The number of nitrogens with zero attached hydrogens (tertiary/aromatic N) is 1. The topological polar surface area (TPSA) is 74.8 Å². The van der Waals surface area contributed by atoms with Crippen LogP contribution in [0.1, 0.15) is 73.5 Å². The lowest BCUT2D eigenvalue weighted by Gasteiger charge is -2.43. The fraction of sp³-hybridized carbons (Fsp3) is 0.625. The Bertz CT molecular complexity index is 1100. The summed E-state index contributed by atoms with van der Waals surface area (Å²) >= 11 is 0. The number of nitrogens with one attached hydrogen (secondary N) is 2. The van der Waals surface area contributed by atoms with Gasteiger partial charge in [0.2, 0.25) is 5.92 Å². The van der Waals surface area contributed by atoms with E-state index in [0.717, 1.165) is 0 Å². The molecule has 2 saturated carbocycles. The molecule has 3 atom stereocenters. The molecule has 2 aromatic heterocycles. The van der Waals surface area contributed by atoms with Crippen molar-refractivity contribution >= 4 is 16.8 Å².